The molecule has 0 atom stereocenters. The highest BCUT2D eigenvalue weighted by atomic mass is 16.7. The summed E-state index contributed by atoms with van der Waals surface area (Å²) >= 11 is 0. The first-order valence-electron chi connectivity index (χ1n) is 20.8. The number of aromatic carboxylic acids is 1. The topological polar surface area (TPSA) is 321 Å². The molecular weight excluding hydrogens is 948 g/mol. The molecular formula is C46H46N2O23. The van der Waals surface area contributed by atoms with Crippen LogP contribution in [0, 0.1) is 0 Å². The van der Waals surface area contributed by atoms with Gasteiger partial charge >= 0.3 is 70.9 Å². The highest BCUT2D eigenvalue weighted by Gasteiger charge is 2.34. The average Bonchev–Trinajstić information content (AvgIpc) is 3.26. The Bertz CT molecular complexity index is 2510. The van der Waals surface area contributed by atoms with E-state index < -0.39 is 132 Å². The van der Waals surface area contributed by atoms with Gasteiger partial charge in [0, 0.05) is 65.8 Å². The van der Waals surface area contributed by atoms with Crippen molar-refractivity contribution in [2.45, 2.75) is 54.6 Å². The molecule has 71 heavy (non-hydrogen) atoms. The number of nitrogens with zero attached hydrogens (tertiary/aromatic N) is 2. The smallest absolute Gasteiger partial charge is 0.369 e. The van der Waals surface area contributed by atoms with E-state index in [1.54, 1.807) is 0 Å². The van der Waals surface area contributed by atoms with Crippen LogP contribution < -0.4 is 14.6 Å². The van der Waals surface area contributed by atoms with Crippen LogP contribution in [0.1, 0.15) is 63.0 Å². The molecule has 4 rings (SSSR count). The molecule has 3 aromatic carbocycles. The maximum absolute atomic E-state index is 13.2. The number of carbonyl (C=O) groups is 11. The molecule has 1 heterocycles. The number of rotatable bonds is 24. The summed E-state index contributed by atoms with van der Waals surface area (Å²) in [6.45, 7) is -1.06. The van der Waals surface area contributed by atoms with Crippen LogP contribution in [0.15, 0.2) is 52.9 Å². The lowest BCUT2D eigenvalue weighted by atomic mass is 9.91. The lowest BCUT2D eigenvalue weighted by molar-refractivity contribution is -0.255. The van der Waals surface area contributed by atoms with Crippen LogP contribution in [-0.4, -0.2) is 129 Å². The van der Waals surface area contributed by atoms with Crippen molar-refractivity contribution in [1.29, 1.82) is 0 Å². The van der Waals surface area contributed by atoms with Gasteiger partial charge in [0.25, 0.3) is 0 Å². The van der Waals surface area contributed by atoms with Crippen molar-refractivity contribution in [2.24, 2.45) is 0 Å². The molecule has 0 aliphatic rings. The van der Waals surface area contributed by atoms with Crippen molar-refractivity contribution in [1.82, 2.24) is 9.80 Å². The summed E-state index contributed by atoms with van der Waals surface area (Å²) in [6, 6.07) is 11.1. The zero-order valence-corrected chi connectivity index (χ0v) is 39.0. The molecule has 0 aliphatic heterocycles. The minimum absolute atomic E-state index is 0.0237. The summed E-state index contributed by atoms with van der Waals surface area (Å²) in [5, 5.41) is 13.0. The first-order valence-corrected chi connectivity index (χ1v) is 20.8. The Hall–Kier alpha value is -8.58. The molecule has 0 unspecified atom stereocenters. The van der Waals surface area contributed by atoms with Crippen LogP contribution >= 0.6 is 0 Å². The van der Waals surface area contributed by atoms with Gasteiger partial charge in [-0.05, 0) is 29.8 Å². The molecule has 378 valence electrons. The van der Waals surface area contributed by atoms with Gasteiger partial charge in [-0.1, -0.05) is 24.3 Å². The fraction of sp³-hybridized carbons (Fsp3) is 0.348. The number of esters is 10. The van der Waals surface area contributed by atoms with Gasteiger partial charge < -0.3 is 57.3 Å². The fourth-order valence-electron chi connectivity index (χ4n) is 6.47. The number of carboxylic acid groups (broad SMARTS) is 1. The zero-order chi connectivity index (χ0) is 52.4. The van der Waals surface area contributed by atoms with Crippen molar-refractivity contribution >= 4 is 87.6 Å². The molecule has 0 N–H and O–H groups in total. The van der Waals surface area contributed by atoms with E-state index in [0.29, 0.717) is 0 Å². The van der Waals surface area contributed by atoms with E-state index in [0.717, 1.165) is 51.3 Å². The Morgan fingerprint density at radius 3 is 1.10 bits per heavy atom. The summed E-state index contributed by atoms with van der Waals surface area (Å²) in [5.41, 5.74) is -0.852. The minimum atomic E-state index is -1.62. The Balaban J connectivity index is 2.10. The quantitative estimate of drug-likeness (QED) is 0.0240. The average molecular weight is 995 g/mol. The Kier molecular flexibility index (Phi) is 20.3. The number of hydrogen-bond donors (Lipinski definition) is 0. The first kappa shape index (κ1) is 55.0. The number of carboxylic acids is 1. The van der Waals surface area contributed by atoms with E-state index in [4.69, 9.17) is 51.8 Å². The highest BCUT2D eigenvalue weighted by Crippen LogP contribution is 2.44. The molecule has 25 nitrogen and oxygen atoms in total. The normalized spacial score (nSPS) is 10.8. The Morgan fingerprint density at radius 1 is 0.451 bits per heavy atom. The van der Waals surface area contributed by atoms with Crippen molar-refractivity contribution in [3.63, 3.8) is 0 Å². The number of benzene rings is 3. The Morgan fingerprint density at radius 2 is 0.789 bits per heavy atom. The second-order valence-electron chi connectivity index (χ2n) is 14.7. The van der Waals surface area contributed by atoms with Gasteiger partial charge in [-0.3, -0.25) is 57.7 Å². The van der Waals surface area contributed by atoms with Crippen LogP contribution in [0.25, 0.3) is 33.1 Å². The number of hydrogen-bond acceptors (Lipinski definition) is 24. The third-order valence-electron chi connectivity index (χ3n) is 9.20. The van der Waals surface area contributed by atoms with E-state index in [1.165, 1.54) is 48.5 Å². The third-order valence-corrected chi connectivity index (χ3v) is 9.20. The maximum atomic E-state index is 13.2. The molecule has 0 aliphatic carbocycles. The molecule has 25 heteroatoms. The summed E-state index contributed by atoms with van der Waals surface area (Å²) < 4.78 is 56.7. The van der Waals surface area contributed by atoms with Crippen LogP contribution in [0.3, 0.4) is 0 Å². The molecule has 4 aromatic rings. The SMILES string of the molecule is CC(=O)OCOC(=O)CN(CC(=O)OCOC(C)=O)Cc1c(OC(C)=O)ccc2c(-c3ccccc3C(=O)[O-])c3ccc(OC(C)=O)c(CN(CC(=O)OCOC(C)=O)CC(=O)OCOC(C)=O)c3[o+]c12. The summed E-state index contributed by atoms with van der Waals surface area (Å²) in [4.78, 5) is 138. The van der Waals surface area contributed by atoms with Gasteiger partial charge in [-0.2, -0.15) is 0 Å². The van der Waals surface area contributed by atoms with Crippen molar-refractivity contribution in [3.05, 3.63) is 65.2 Å². The second kappa shape index (κ2) is 26.3. The predicted molar refractivity (Wildman–Crippen MR) is 232 cm³/mol. The van der Waals surface area contributed by atoms with Gasteiger partial charge in [-0.25, -0.2) is 4.42 Å². The molecule has 0 bridgehead atoms. The van der Waals surface area contributed by atoms with E-state index in [9.17, 15) is 57.8 Å². The standard InChI is InChI=1S/C46H46N2O23/c1-25(49)61-21-65-39(55)17-47(18-40(56)66-22-62-26(2)50)15-35-37(69-29(5)53)13-11-33-43(31-9-7-8-10-32(31)46(59)60)34-12-14-38(70-30(6)54)36(45(34)71-44(33)35)16-48(19-41(57)67-23-63-27(3)51)20-42(58)68-24-64-28(4)52/h7-14H,15-24H2,1-6H3. The Labute approximate surface area is 402 Å². The van der Waals surface area contributed by atoms with Crippen LogP contribution in [0.5, 0.6) is 11.5 Å². The van der Waals surface area contributed by atoms with E-state index in [-0.39, 0.29) is 61.3 Å². The second-order valence-corrected chi connectivity index (χ2v) is 14.7. The van der Waals surface area contributed by atoms with Gasteiger partial charge in [0.2, 0.25) is 27.2 Å². The molecule has 0 saturated heterocycles. The van der Waals surface area contributed by atoms with Crippen LogP contribution in [0.4, 0.5) is 0 Å². The van der Waals surface area contributed by atoms with Gasteiger partial charge in [0.1, 0.15) is 22.6 Å². The van der Waals surface area contributed by atoms with Crippen molar-refractivity contribution in [3.8, 4) is 22.6 Å². The minimum Gasteiger partial charge on any atom is -0.545 e. The van der Waals surface area contributed by atoms with E-state index in [1.807, 2.05) is 0 Å². The molecule has 0 radical (unpaired) electrons. The van der Waals surface area contributed by atoms with Crippen LogP contribution in [0.2, 0.25) is 0 Å². The molecule has 1 aromatic heterocycles. The van der Waals surface area contributed by atoms with Gasteiger partial charge in [-0.15, -0.1) is 0 Å². The molecule has 0 saturated carbocycles. The van der Waals surface area contributed by atoms with Gasteiger partial charge in [0.05, 0.1) is 42.9 Å². The summed E-state index contributed by atoms with van der Waals surface area (Å²) in [6.07, 6.45) is 0. The lowest BCUT2D eigenvalue weighted by Gasteiger charge is -2.22. The highest BCUT2D eigenvalue weighted by molar-refractivity contribution is 6.13. The van der Waals surface area contributed by atoms with E-state index in [2.05, 4.69) is 0 Å². The predicted octanol–water partition coefficient (Wildman–Crippen LogP) is 1.61. The van der Waals surface area contributed by atoms with Gasteiger partial charge in [0.15, 0.2) is 0 Å². The third kappa shape index (κ3) is 17.2. The first-order chi connectivity index (χ1) is 33.6. The number of fused-ring (bicyclic) bond motifs is 2. The summed E-state index contributed by atoms with van der Waals surface area (Å²) in [7, 11) is 0. The maximum Gasteiger partial charge on any atom is 0.369 e. The molecule has 0 amide bonds. The van der Waals surface area contributed by atoms with E-state index >= 15 is 0 Å². The summed E-state index contributed by atoms with van der Waals surface area (Å²) in [5.74, 6) is -11.1. The fourth-order valence-corrected chi connectivity index (χ4v) is 6.47. The van der Waals surface area contributed by atoms with Crippen LogP contribution in [-0.2, 0) is 98.9 Å². The number of ether oxygens (including phenoxy) is 10. The molecule has 0 spiro atoms. The van der Waals surface area contributed by atoms with Crippen molar-refractivity contribution < 1.29 is 110 Å². The molecule has 0 fully saturated rings. The number of carbonyl (C=O) groups excluding carboxylic acids is 11. The lowest BCUT2D eigenvalue weighted by Crippen LogP contribution is -2.36. The monoisotopic (exact) mass is 994 g/mol. The van der Waals surface area contributed by atoms with Crippen molar-refractivity contribution in [2.75, 3.05) is 53.4 Å². The zero-order valence-electron chi connectivity index (χ0n) is 39.0. The largest absolute Gasteiger partial charge is 0.545 e.